The zero-order valence-electron chi connectivity index (χ0n) is 18.1. The molecule has 0 spiro atoms. The Morgan fingerprint density at radius 1 is 1.41 bits per heavy atom. The first-order chi connectivity index (χ1) is 14.0. The lowest BCUT2D eigenvalue weighted by Crippen LogP contribution is -2.27. The van der Waals surface area contributed by atoms with Gasteiger partial charge in [0.2, 0.25) is 0 Å². The maximum absolute atomic E-state index is 5.39. The van der Waals surface area contributed by atoms with Crippen LogP contribution in [0.5, 0.6) is 0 Å². The maximum atomic E-state index is 5.39. The van der Waals surface area contributed by atoms with E-state index in [1.807, 2.05) is 17.0 Å². The molecule has 0 aliphatic heterocycles. The Bertz CT molecular complexity index is 856. The first-order valence-corrected chi connectivity index (χ1v) is 10.4. The van der Waals surface area contributed by atoms with Gasteiger partial charge in [0.15, 0.2) is 0 Å². The Morgan fingerprint density at radius 2 is 2.21 bits per heavy atom. The fourth-order valence-electron chi connectivity index (χ4n) is 3.45. The molecule has 4 nitrogen and oxygen atoms in total. The molecule has 2 rings (SSSR count). The van der Waals surface area contributed by atoms with Crippen molar-refractivity contribution >= 4 is 17.5 Å². The number of aryl methyl sites for hydroxylation is 1. The third-order valence-corrected chi connectivity index (χ3v) is 5.33. The summed E-state index contributed by atoms with van der Waals surface area (Å²) >= 11 is 0. The molecule has 0 saturated carbocycles. The van der Waals surface area contributed by atoms with Gasteiger partial charge in [-0.25, -0.2) is 0 Å². The molecule has 4 heteroatoms. The average Bonchev–Trinajstić information content (AvgIpc) is 3.20. The van der Waals surface area contributed by atoms with Gasteiger partial charge in [-0.2, -0.15) is 5.10 Å². The Hall–Kier alpha value is -2.93. The highest BCUT2D eigenvalue weighted by molar-refractivity contribution is 5.81. The van der Waals surface area contributed by atoms with Gasteiger partial charge < -0.3 is 10.2 Å². The molecule has 0 bridgehead atoms. The van der Waals surface area contributed by atoms with Gasteiger partial charge in [-0.05, 0) is 37.8 Å². The first kappa shape index (κ1) is 22.4. The number of hydrogen-bond acceptors (Lipinski definition) is 3. The Labute approximate surface area is 176 Å². The van der Waals surface area contributed by atoms with Gasteiger partial charge in [0.1, 0.15) is 0 Å². The van der Waals surface area contributed by atoms with Crippen LogP contribution in [0.4, 0.5) is 5.69 Å². The maximum Gasteiger partial charge on any atom is 0.0646 e. The Balaban J connectivity index is 2.00. The van der Waals surface area contributed by atoms with E-state index in [4.69, 9.17) is 6.42 Å². The molecule has 1 N–H and O–H groups in total. The van der Waals surface area contributed by atoms with E-state index in [1.165, 1.54) is 0 Å². The summed E-state index contributed by atoms with van der Waals surface area (Å²) in [4.78, 5) is 2.28. The molecule has 0 amide bonds. The van der Waals surface area contributed by atoms with E-state index in [1.54, 1.807) is 6.20 Å². The highest BCUT2D eigenvalue weighted by atomic mass is 15.3. The molecule has 1 atom stereocenters. The van der Waals surface area contributed by atoms with Crippen LogP contribution in [0.3, 0.4) is 0 Å². The molecule has 29 heavy (non-hydrogen) atoms. The number of rotatable bonds is 12. The molecule has 1 aromatic carbocycles. The largest absolute Gasteiger partial charge is 0.384 e. The minimum atomic E-state index is 0.445. The second-order valence-electron chi connectivity index (χ2n) is 7.44. The minimum Gasteiger partial charge on any atom is -0.384 e. The zero-order valence-corrected chi connectivity index (χ0v) is 18.1. The van der Waals surface area contributed by atoms with Crippen LogP contribution in [-0.4, -0.2) is 34.3 Å². The van der Waals surface area contributed by atoms with Crippen LogP contribution in [0.1, 0.15) is 56.2 Å². The van der Waals surface area contributed by atoms with Gasteiger partial charge in [-0.3, -0.25) is 4.68 Å². The molecule has 2 aromatic rings. The van der Waals surface area contributed by atoms with Crippen molar-refractivity contribution in [3.8, 4) is 12.3 Å². The van der Waals surface area contributed by atoms with Crippen molar-refractivity contribution < 1.29 is 0 Å². The molecule has 1 aromatic heterocycles. The van der Waals surface area contributed by atoms with Crippen molar-refractivity contribution in [2.24, 2.45) is 0 Å². The van der Waals surface area contributed by atoms with Gasteiger partial charge >= 0.3 is 0 Å². The van der Waals surface area contributed by atoms with E-state index < -0.39 is 0 Å². The van der Waals surface area contributed by atoms with Gasteiger partial charge in [0.05, 0.1) is 11.8 Å². The second kappa shape index (κ2) is 11.2. The molecular weight excluding hydrogens is 356 g/mol. The summed E-state index contributed by atoms with van der Waals surface area (Å²) < 4.78 is 1.91. The van der Waals surface area contributed by atoms with E-state index >= 15 is 0 Å². The first-order valence-electron chi connectivity index (χ1n) is 10.4. The summed E-state index contributed by atoms with van der Waals surface area (Å²) in [6.45, 7) is 14.6. The molecule has 0 aliphatic rings. The Kier molecular flexibility index (Phi) is 8.61. The highest BCUT2D eigenvalue weighted by Crippen LogP contribution is 2.31. The minimum absolute atomic E-state index is 0.445. The van der Waals surface area contributed by atoms with Crippen molar-refractivity contribution in [1.29, 1.82) is 0 Å². The number of aromatic nitrogens is 2. The highest BCUT2D eigenvalue weighted by Gasteiger charge is 2.17. The van der Waals surface area contributed by atoms with Gasteiger partial charge in [0.25, 0.3) is 0 Å². The quantitative estimate of drug-likeness (QED) is 0.384. The topological polar surface area (TPSA) is 33.1 Å². The van der Waals surface area contributed by atoms with Gasteiger partial charge in [-0.15, -0.1) is 6.42 Å². The van der Waals surface area contributed by atoms with Gasteiger partial charge in [0, 0.05) is 49.3 Å². The second-order valence-corrected chi connectivity index (χ2v) is 7.44. The third-order valence-electron chi connectivity index (χ3n) is 5.33. The molecule has 0 saturated heterocycles. The molecular formula is C25H34N4. The summed E-state index contributed by atoms with van der Waals surface area (Å²) in [6, 6.07) is 6.73. The van der Waals surface area contributed by atoms with Gasteiger partial charge in [-0.1, -0.05) is 50.6 Å². The van der Waals surface area contributed by atoms with Crippen LogP contribution in [-0.2, 0) is 6.54 Å². The van der Waals surface area contributed by atoms with Crippen LogP contribution < -0.4 is 5.32 Å². The number of terminal acetylenes is 1. The molecule has 1 unspecified atom stereocenters. The van der Waals surface area contributed by atoms with Crippen molar-refractivity contribution in [2.45, 2.75) is 52.1 Å². The lowest BCUT2D eigenvalue weighted by molar-refractivity contribution is 0.350. The van der Waals surface area contributed by atoms with E-state index in [0.717, 1.165) is 66.8 Å². The standard InChI is InChI=1S/C25H34N4/c1-7-13-20(4)28(6)21(5)25-23(9-3)14-12-15-24(25)26-16-10-11-17-29-19-22(8-2)18-27-29/h2,9,12,14-15,18-20,26H,3,5,7,10-11,13,16-17H2,1,4,6H3. The molecule has 0 fully saturated rings. The summed E-state index contributed by atoms with van der Waals surface area (Å²) in [5, 5.41) is 7.88. The van der Waals surface area contributed by atoms with Crippen LogP contribution >= 0.6 is 0 Å². The zero-order chi connectivity index (χ0) is 21.2. The number of nitrogens with one attached hydrogen (secondary N) is 1. The van der Waals surface area contributed by atoms with Crippen molar-refractivity contribution in [2.75, 3.05) is 18.9 Å². The summed E-state index contributed by atoms with van der Waals surface area (Å²) in [7, 11) is 2.13. The number of unbranched alkanes of at least 4 members (excludes halogenated alkanes) is 1. The number of nitrogens with zero attached hydrogens (tertiary/aromatic N) is 3. The smallest absolute Gasteiger partial charge is 0.0646 e. The average molecular weight is 391 g/mol. The van der Waals surface area contributed by atoms with E-state index in [2.05, 4.69) is 73.5 Å². The number of hydrogen-bond donors (Lipinski definition) is 1. The molecule has 0 radical (unpaired) electrons. The van der Waals surface area contributed by atoms with E-state index in [0.29, 0.717) is 6.04 Å². The lowest BCUT2D eigenvalue weighted by Gasteiger charge is -2.31. The predicted octanol–water partition coefficient (Wildman–Crippen LogP) is 5.49. The van der Waals surface area contributed by atoms with Crippen LogP contribution in [0.25, 0.3) is 11.8 Å². The normalized spacial score (nSPS) is 11.5. The molecule has 0 aliphatic carbocycles. The lowest BCUT2D eigenvalue weighted by atomic mass is 10.0. The summed E-state index contributed by atoms with van der Waals surface area (Å²) in [6.07, 6.45) is 15.3. The fourth-order valence-corrected chi connectivity index (χ4v) is 3.45. The SMILES string of the molecule is C#Cc1cnn(CCCCNc2cccc(C=C)c2C(=C)N(C)C(C)CCC)c1. The van der Waals surface area contributed by atoms with Crippen LogP contribution in [0.15, 0.2) is 43.8 Å². The van der Waals surface area contributed by atoms with Crippen LogP contribution in [0, 0.1) is 12.3 Å². The summed E-state index contributed by atoms with van der Waals surface area (Å²) in [5.74, 6) is 2.61. The van der Waals surface area contributed by atoms with Crippen molar-refractivity contribution in [3.05, 3.63) is 60.4 Å². The monoisotopic (exact) mass is 390 g/mol. The van der Waals surface area contributed by atoms with E-state index in [-0.39, 0.29) is 0 Å². The third kappa shape index (κ3) is 6.02. The predicted molar refractivity (Wildman–Crippen MR) is 126 cm³/mol. The fraction of sp³-hybridized carbons (Fsp3) is 0.400. The molecule has 1 heterocycles. The van der Waals surface area contributed by atoms with Crippen molar-refractivity contribution in [1.82, 2.24) is 14.7 Å². The molecule has 154 valence electrons. The van der Waals surface area contributed by atoms with Crippen LogP contribution in [0.2, 0.25) is 0 Å². The van der Waals surface area contributed by atoms with Crippen molar-refractivity contribution in [3.63, 3.8) is 0 Å². The Morgan fingerprint density at radius 3 is 2.86 bits per heavy atom. The van der Waals surface area contributed by atoms with E-state index in [9.17, 15) is 0 Å². The number of benzene rings is 1. The summed E-state index contributed by atoms with van der Waals surface area (Å²) in [5.41, 5.74) is 5.21. The number of anilines is 1.